The van der Waals surface area contributed by atoms with Crippen molar-refractivity contribution in [2.24, 2.45) is 0 Å². The van der Waals surface area contributed by atoms with E-state index in [1.165, 1.54) is 5.57 Å². The van der Waals surface area contributed by atoms with Crippen molar-refractivity contribution in [2.45, 2.75) is 39.7 Å². The molecule has 0 amide bonds. The Kier molecular flexibility index (Phi) is 5.36. The number of benzene rings is 1. The fourth-order valence-corrected chi connectivity index (χ4v) is 1.91. The molecule has 0 aliphatic heterocycles. The number of allylic oxidation sites excluding steroid dienone is 1. The van der Waals surface area contributed by atoms with Gasteiger partial charge >= 0.3 is 0 Å². The molecular weight excluding hydrogens is 213 g/mol. The highest BCUT2D eigenvalue weighted by atomic mass is 19.1. The first-order chi connectivity index (χ1) is 8.04. The van der Waals surface area contributed by atoms with Gasteiger partial charge in [0, 0.05) is 6.04 Å². The van der Waals surface area contributed by atoms with Crippen LogP contribution in [-0.4, -0.2) is 6.54 Å². The van der Waals surface area contributed by atoms with E-state index in [0.29, 0.717) is 5.56 Å². The number of hydrogen-bond acceptors (Lipinski definition) is 1. The molecule has 0 spiro atoms. The van der Waals surface area contributed by atoms with Crippen LogP contribution in [0, 0.1) is 12.7 Å². The SMILES string of the molecule is C=C(C)CCC(NCC)c1ccc(F)c(C)c1. The van der Waals surface area contributed by atoms with E-state index < -0.39 is 0 Å². The van der Waals surface area contributed by atoms with E-state index in [0.717, 1.165) is 24.9 Å². The summed E-state index contributed by atoms with van der Waals surface area (Å²) in [6, 6.07) is 5.64. The first-order valence-electron chi connectivity index (χ1n) is 6.18. The summed E-state index contributed by atoms with van der Waals surface area (Å²) in [5.41, 5.74) is 3.06. The Labute approximate surface area is 104 Å². The minimum atomic E-state index is -0.135. The van der Waals surface area contributed by atoms with Gasteiger partial charge in [-0.05, 0) is 50.4 Å². The van der Waals surface area contributed by atoms with Gasteiger partial charge in [0.25, 0.3) is 0 Å². The van der Waals surface area contributed by atoms with Crippen LogP contribution in [0.3, 0.4) is 0 Å². The molecule has 0 heterocycles. The molecule has 0 aromatic heterocycles. The van der Waals surface area contributed by atoms with Crippen molar-refractivity contribution in [2.75, 3.05) is 6.54 Å². The van der Waals surface area contributed by atoms with E-state index in [1.807, 2.05) is 19.1 Å². The molecule has 1 aromatic carbocycles. The van der Waals surface area contributed by atoms with Crippen LogP contribution in [-0.2, 0) is 0 Å². The predicted octanol–water partition coefficient (Wildman–Crippen LogP) is 4.14. The smallest absolute Gasteiger partial charge is 0.126 e. The van der Waals surface area contributed by atoms with Crippen molar-refractivity contribution < 1.29 is 4.39 Å². The molecule has 0 radical (unpaired) electrons. The van der Waals surface area contributed by atoms with Crippen molar-refractivity contribution >= 4 is 0 Å². The summed E-state index contributed by atoms with van der Waals surface area (Å²) >= 11 is 0. The lowest BCUT2D eigenvalue weighted by molar-refractivity contribution is 0.512. The van der Waals surface area contributed by atoms with Gasteiger partial charge in [0.15, 0.2) is 0 Å². The molecule has 0 bridgehead atoms. The van der Waals surface area contributed by atoms with Gasteiger partial charge in [-0.1, -0.05) is 24.6 Å². The number of aryl methyl sites for hydroxylation is 1. The third kappa shape index (κ3) is 4.31. The standard InChI is InChI=1S/C15H22FN/c1-5-17-15(9-6-11(2)3)13-7-8-14(16)12(4)10-13/h7-8,10,15,17H,2,5-6,9H2,1,3-4H3. The van der Waals surface area contributed by atoms with Crippen molar-refractivity contribution in [1.29, 1.82) is 0 Å². The van der Waals surface area contributed by atoms with Crippen LogP contribution in [0.4, 0.5) is 4.39 Å². The van der Waals surface area contributed by atoms with E-state index in [-0.39, 0.29) is 11.9 Å². The van der Waals surface area contributed by atoms with Crippen LogP contribution in [0.15, 0.2) is 30.4 Å². The van der Waals surface area contributed by atoms with Crippen molar-refractivity contribution in [1.82, 2.24) is 5.32 Å². The second-order valence-electron chi connectivity index (χ2n) is 4.61. The van der Waals surface area contributed by atoms with E-state index in [4.69, 9.17) is 0 Å². The van der Waals surface area contributed by atoms with E-state index >= 15 is 0 Å². The minimum Gasteiger partial charge on any atom is -0.310 e. The molecule has 94 valence electrons. The molecule has 1 N–H and O–H groups in total. The van der Waals surface area contributed by atoms with E-state index in [1.54, 1.807) is 13.0 Å². The molecule has 1 nitrogen and oxygen atoms in total. The average Bonchev–Trinajstić information content (AvgIpc) is 2.28. The minimum absolute atomic E-state index is 0.135. The molecule has 1 atom stereocenters. The van der Waals surface area contributed by atoms with Crippen LogP contribution in [0.2, 0.25) is 0 Å². The summed E-state index contributed by atoms with van der Waals surface area (Å²) in [6.07, 6.45) is 2.00. The van der Waals surface area contributed by atoms with Gasteiger partial charge in [0.05, 0.1) is 0 Å². The van der Waals surface area contributed by atoms with Gasteiger partial charge in [-0.25, -0.2) is 4.39 Å². The third-order valence-electron chi connectivity index (χ3n) is 2.89. The maximum Gasteiger partial charge on any atom is 0.126 e. The van der Waals surface area contributed by atoms with Crippen LogP contribution in [0.25, 0.3) is 0 Å². The molecule has 2 heteroatoms. The number of hydrogen-bond donors (Lipinski definition) is 1. The van der Waals surface area contributed by atoms with Gasteiger partial charge in [-0.15, -0.1) is 6.58 Å². The molecule has 1 aromatic rings. The first-order valence-corrected chi connectivity index (χ1v) is 6.18. The monoisotopic (exact) mass is 235 g/mol. The Morgan fingerprint density at radius 1 is 1.47 bits per heavy atom. The molecule has 0 fully saturated rings. The number of halogens is 1. The zero-order valence-electron chi connectivity index (χ0n) is 11.0. The topological polar surface area (TPSA) is 12.0 Å². The predicted molar refractivity (Wildman–Crippen MR) is 71.6 cm³/mol. The van der Waals surface area contributed by atoms with Crippen LogP contribution < -0.4 is 5.32 Å². The van der Waals surface area contributed by atoms with Gasteiger partial charge in [-0.2, -0.15) is 0 Å². The fraction of sp³-hybridized carbons (Fsp3) is 0.467. The highest BCUT2D eigenvalue weighted by molar-refractivity contribution is 5.26. The molecule has 1 unspecified atom stereocenters. The number of nitrogens with one attached hydrogen (secondary N) is 1. The summed E-state index contributed by atoms with van der Waals surface area (Å²) in [5.74, 6) is -0.135. The Bertz CT molecular complexity index is 385. The molecular formula is C15H22FN. The molecule has 1 rings (SSSR count). The zero-order chi connectivity index (χ0) is 12.8. The maximum atomic E-state index is 13.2. The van der Waals surface area contributed by atoms with Crippen molar-refractivity contribution in [3.8, 4) is 0 Å². The molecule has 0 aliphatic carbocycles. The summed E-state index contributed by atoms with van der Waals surface area (Å²) in [4.78, 5) is 0. The summed E-state index contributed by atoms with van der Waals surface area (Å²) in [5, 5.41) is 3.44. The maximum absolute atomic E-state index is 13.2. The lowest BCUT2D eigenvalue weighted by Crippen LogP contribution is -2.21. The summed E-state index contributed by atoms with van der Waals surface area (Å²) < 4.78 is 13.2. The van der Waals surface area contributed by atoms with E-state index in [2.05, 4.69) is 18.8 Å². The zero-order valence-corrected chi connectivity index (χ0v) is 11.0. The second kappa shape index (κ2) is 6.55. The van der Waals surface area contributed by atoms with Gasteiger partial charge in [0.1, 0.15) is 5.82 Å². The Morgan fingerprint density at radius 2 is 2.18 bits per heavy atom. The Balaban J connectivity index is 2.81. The lowest BCUT2D eigenvalue weighted by Gasteiger charge is -2.19. The molecule has 0 aliphatic rings. The van der Waals surface area contributed by atoms with Gasteiger partial charge in [0.2, 0.25) is 0 Å². The third-order valence-corrected chi connectivity index (χ3v) is 2.89. The largest absolute Gasteiger partial charge is 0.310 e. The number of rotatable bonds is 6. The summed E-state index contributed by atoms with van der Waals surface area (Å²) in [7, 11) is 0. The quantitative estimate of drug-likeness (QED) is 0.731. The summed E-state index contributed by atoms with van der Waals surface area (Å²) in [6.45, 7) is 10.8. The van der Waals surface area contributed by atoms with Crippen molar-refractivity contribution in [3.63, 3.8) is 0 Å². The highest BCUT2D eigenvalue weighted by Gasteiger charge is 2.11. The van der Waals surface area contributed by atoms with E-state index in [9.17, 15) is 4.39 Å². The van der Waals surface area contributed by atoms with Gasteiger partial charge in [-0.3, -0.25) is 0 Å². The Morgan fingerprint density at radius 3 is 2.71 bits per heavy atom. The second-order valence-corrected chi connectivity index (χ2v) is 4.61. The molecule has 0 saturated heterocycles. The normalized spacial score (nSPS) is 12.5. The van der Waals surface area contributed by atoms with Crippen LogP contribution in [0.1, 0.15) is 43.9 Å². The highest BCUT2D eigenvalue weighted by Crippen LogP contribution is 2.22. The Hall–Kier alpha value is -1.15. The van der Waals surface area contributed by atoms with Gasteiger partial charge < -0.3 is 5.32 Å². The lowest BCUT2D eigenvalue weighted by atomic mass is 9.98. The fourth-order valence-electron chi connectivity index (χ4n) is 1.91. The van der Waals surface area contributed by atoms with Crippen molar-refractivity contribution in [3.05, 3.63) is 47.3 Å². The van der Waals surface area contributed by atoms with Crippen LogP contribution in [0.5, 0.6) is 0 Å². The average molecular weight is 235 g/mol. The molecule has 17 heavy (non-hydrogen) atoms. The molecule has 0 saturated carbocycles. The van der Waals surface area contributed by atoms with Crippen LogP contribution >= 0.6 is 0 Å². The first kappa shape index (κ1) is 13.9.